The van der Waals surface area contributed by atoms with Gasteiger partial charge in [-0.2, -0.15) is 5.10 Å². The molecule has 0 bridgehead atoms. The van der Waals surface area contributed by atoms with Crippen LogP contribution >= 0.6 is 22.9 Å². The van der Waals surface area contributed by atoms with Gasteiger partial charge in [0.1, 0.15) is 5.75 Å². The first-order valence-electron chi connectivity index (χ1n) is 11.5. The highest BCUT2D eigenvalue weighted by Gasteiger charge is 2.17. The average molecular weight is 530 g/mol. The summed E-state index contributed by atoms with van der Waals surface area (Å²) >= 11 is 7.52. The molecule has 0 aliphatic carbocycles. The molecule has 0 aliphatic rings. The van der Waals surface area contributed by atoms with Crippen LogP contribution in [-0.4, -0.2) is 24.9 Å². The molecule has 0 atom stereocenters. The van der Waals surface area contributed by atoms with E-state index in [2.05, 4.69) is 0 Å². The zero-order chi connectivity index (χ0) is 26.1. The van der Waals surface area contributed by atoms with Crippen LogP contribution in [0.25, 0.3) is 16.9 Å². The Kier molecular flexibility index (Phi) is 6.69. The van der Waals surface area contributed by atoms with Crippen molar-refractivity contribution >= 4 is 34.3 Å². The van der Waals surface area contributed by atoms with Crippen molar-refractivity contribution in [3.63, 3.8) is 0 Å². The number of aromatic hydroxyl groups is 1. The van der Waals surface area contributed by atoms with Crippen LogP contribution in [0.15, 0.2) is 99.1 Å². The van der Waals surface area contributed by atoms with Crippen LogP contribution in [0, 0.1) is 6.92 Å². The Labute approximate surface area is 222 Å². The van der Waals surface area contributed by atoms with Crippen LogP contribution < -0.4 is 10.4 Å². The van der Waals surface area contributed by atoms with E-state index in [1.807, 2.05) is 80.9 Å². The van der Waals surface area contributed by atoms with E-state index in [1.54, 1.807) is 38.3 Å². The van der Waals surface area contributed by atoms with E-state index in [0.717, 1.165) is 33.9 Å². The largest absolute Gasteiger partial charge is 0.508 e. The van der Waals surface area contributed by atoms with E-state index in [1.165, 1.54) is 11.3 Å². The zero-order valence-electron chi connectivity index (χ0n) is 20.5. The fourth-order valence-corrected chi connectivity index (χ4v) is 4.94. The third-order valence-electron chi connectivity index (χ3n) is 6.09. The van der Waals surface area contributed by atoms with Crippen molar-refractivity contribution < 1.29 is 5.11 Å². The zero-order valence-corrected chi connectivity index (χ0v) is 22.0. The van der Waals surface area contributed by atoms with E-state index in [9.17, 15) is 9.90 Å². The molecule has 1 N–H and O–H groups in total. The predicted octanol–water partition coefficient (Wildman–Crippen LogP) is 5.88. The molecule has 0 saturated carbocycles. The molecule has 37 heavy (non-hydrogen) atoms. The van der Waals surface area contributed by atoms with E-state index in [4.69, 9.17) is 21.7 Å². The highest BCUT2D eigenvalue weighted by molar-refractivity contribution is 7.07. The second kappa shape index (κ2) is 10.1. The Morgan fingerprint density at radius 3 is 2.32 bits per heavy atom. The molecule has 0 fully saturated rings. The highest BCUT2D eigenvalue weighted by Crippen LogP contribution is 2.24. The molecule has 7 nitrogen and oxygen atoms in total. The molecule has 0 unspecified atom stereocenters. The second-order valence-electron chi connectivity index (χ2n) is 8.48. The number of hydrogen-bond acceptors (Lipinski definition) is 5. The molecule has 0 amide bonds. The van der Waals surface area contributed by atoms with Gasteiger partial charge in [-0.05, 0) is 67.9 Å². The van der Waals surface area contributed by atoms with Gasteiger partial charge in [-0.15, -0.1) is 11.3 Å². The predicted molar refractivity (Wildman–Crippen MR) is 149 cm³/mol. The number of phenols is 1. The molecular formula is C28H24ClN5O2S. The maximum atomic E-state index is 13.5. The van der Waals surface area contributed by atoms with Crippen molar-refractivity contribution in [3.8, 4) is 22.7 Å². The average Bonchev–Trinajstić information content (AvgIpc) is 3.38. The summed E-state index contributed by atoms with van der Waals surface area (Å²) in [6.45, 7) is 3.77. The van der Waals surface area contributed by atoms with Crippen molar-refractivity contribution in [1.29, 1.82) is 0 Å². The second-order valence-corrected chi connectivity index (χ2v) is 9.75. The van der Waals surface area contributed by atoms with Gasteiger partial charge in [-0.3, -0.25) is 9.48 Å². The van der Waals surface area contributed by atoms with Crippen molar-refractivity contribution in [1.82, 2.24) is 14.0 Å². The molecule has 0 aliphatic heterocycles. The molecular weight excluding hydrogens is 506 g/mol. The highest BCUT2D eigenvalue weighted by atomic mass is 35.5. The van der Waals surface area contributed by atoms with Gasteiger partial charge in [0.2, 0.25) is 4.80 Å². The van der Waals surface area contributed by atoms with Gasteiger partial charge < -0.3 is 5.11 Å². The number of thiazole rings is 1. The quantitative estimate of drug-likeness (QED) is 0.289. The lowest BCUT2D eigenvalue weighted by Crippen LogP contribution is -2.20. The number of para-hydroxylation sites is 1. The van der Waals surface area contributed by atoms with Gasteiger partial charge in [0.15, 0.2) is 5.69 Å². The van der Waals surface area contributed by atoms with Crippen LogP contribution in [0.5, 0.6) is 5.75 Å². The van der Waals surface area contributed by atoms with Crippen molar-refractivity contribution in [3.05, 3.63) is 116 Å². The van der Waals surface area contributed by atoms with Gasteiger partial charge in [0.25, 0.3) is 5.56 Å². The summed E-state index contributed by atoms with van der Waals surface area (Å²) < 4.78 is 5.16. The minimum absolute atomic E-state index is 0.187. The first-order valence-corrected chi connectivity index (χ1v) is 12.8. The smallest absolute Gasteiger partial charge is 0.297 e. The Bertz CT molecular complexity index is 1720. The molecule has 0 spiro atoms. The lowest BCUT2D eigenvalue weighted by Gasteiger charge is -2.07. The molecule has 0 saturated heterocycles. The summed E-state index contributed by atoms with van der Waals surface area (Å²) in [6, 6.07) is 23.8. The summed E-state index contributed by atoms with van der Waals surface area (Å²) in [5.41, 5.74) is 4.95. The number of halogens is 1. The monoisotopic (exact) mass is 529 g/mol. The van der Waals surface area contributed by atoms with Gasteiger partial charge in [0.05, 0.1) is 22.8 Å². The Balaban J connectivity index is 1.72. The Hall–Kier alpha value is -4.14. The third kappa shape index (κ3) is 4.81. The molecule has 2 aromatic heterocycles. The van der Waals surface area contributed by atoms with Crippen LogP contribution in [0.2, 0.25) is 5.02 Å². The van der Waals surface area contributed by atoms with Crippen molar-refractivity contribution in [2.75, 3.05) is 0 Å². The number of benzene rings is 3. The van der Waals surface area contributed by atoms with Gasteiger partial charge in [-0.1, -0.05) is 41.9 Å². The first kappa shape index (κ1) is 24.5. The van der Waals surface area contributed by atoms with Crippen LogP contribution in [0.3, 0.4) is 0 Å². The number of rotatable bonds is 5. The number of nitrogens with zero attached hydrogens (tertiary/aromatic N) is 5. The number of hydrogen-bond donors (Lipinski definition) is 1. The first-order chi connectivity index (χ1) is 17.8. The Morgan fingerprint density at radius 1 is 0.973 bits per heavy atom. The Morgan fingerprint density at radius 2 is 1.65 bits per heavy atom. The van der Waals surface area contributed by atoms with Crippen LogP contribution in [0.4, 0.5) is 5.69 Å². The SMILES string of the molecule is CC(=Nn1c(-c2ccc(Cl)cc2)csc1=Nc1c(C)n(C)n(-c2ccccc2)c1=O)c1ccc(O)cc1. The van der Waals surface area contributed by atoms with E-state index < -0.39 is 0 Å². The molecule has 9 heteroatoms. The molecule has 5 aromatic rings. The molecule has 5 rings (SSSR count). The molecule has 2 heterocycles. The van der Waals surface area contributed by atoms with E-state index >= 15 is 0 Å². The fourth-order valence-electron chi connectivity index (χ4n) is 3.98. The number of aromatic nitrogens is 3. The maximum Gasteiger partial charge on any atom is 0.297 e. The normalized spacial score (nSPS) is 12.3. The third-order valence-corrected chi connectivity index (χ3v) is 7.16. The standard InChI is InChI=1S/C28H24ClN5O2S/c1-18(20-11-15-24(35)16-12-20)31-33-25(21-9-13-22(29)14-10-21)17-37-28(33)30-26-19(2)32(3)34(27(26)36)23-7-5-4-6-8-23/h4-17,35H,1-3H3. The lowest BCUT2D eigenvalue weighted by molar-refractivity contribution is 0.475. The van der Waals surface area contributed by atoms with E-state index in [-0.39, 0.29) is 11.3 Å². The number of phenolic OH excluding ortho intramolecular Hbond substituents is 1. The van der Waals surface area contributed by atoms with Gasteiger partial charge in [0, 0.05) is 23.0 Å². The van der Waals surface area contributed by atoms with Gasteiger partial charge in [-0.25, -0.2) is 14.4 Å². The van der Waals surface area contributed by atoms with Crippen molar-refractivity contribution in [2.24, 2.45) is 17.1 Å². The summed E-state index contributed by atoms with van der Waals surface area (Å²) in [6.07, 6.45) is 0. The lowest BCUT2D eigenvalue weighted by atomic mass is 10.1. The minimum atomic E-state index is -0.210. The summed E-state index contributed by atoms with van der Waals surface area (Å²) in [5.74, 6) is 0.187. The minimum Gasteiger partial charge on any atom is -0.508 e. The van der Waals surface area contributed by atoms with Crippen LogP contribution in [-0.2, 0) is 7.05 Å². The molecule has 3 aromatic carbocycles. The summed E-state index contributed by atoms with van der Waals surface area (Å²) in [7, 11) is 1.84. The maximum absolute atomic E-state index is 13.5. The molecule has 0 radical (unpaired) electrons. The van der Waals surface area contributed by atoms with Gasteiger partial charge >= 0.3 is 0 Å². The summed E-state index contributed by atoms with van der Waals surface area (Å²) in [5, 5.41) is 17.2. The molecule has 186 valence electrons. The topological polar surface area (TPSA) is 76.8 Å². The summed E-state index contributed by atoms with van der Waals surface area (Å²) in [4.78, 5) is 18.9. The fraction of sp³-hybridized carbons (Fsp3) is 0.107. The van der Waals surface area contributed by atoms with Crippen LogP contribution in [0.1, 0.15) is 18.2 Å². The van der Waals surface area contributed by atoms with Crippen molar-refractivity contribution in [2.45, 2.75) is 13.8 Å². The van der Waals surface area contributed by atoms with E-state index in [0.29, 0.717) is 15.5 Å².